The highest BCUT2D eigenvalue weighted by molar-refractivity contribution is 5.33. The van der Waals surface area contributed by atoms with E-state index in [1.807, 2.05) is 0 Å². The topological polar surface area (TPSA) is 61.0 Å². The Balaban J connectivity index is 1.90. The van der Waals surface area contributed by atoms with Crippen LogP contribution in [0.5, 0.6) is 0 Å². The Bertz CT molecular complexity index is 435. The Hall–Kier alpha value is -1.36. The monoisotopic (exact) mass is 250 g/mol. The molecule has 1 aromatic heterocycles. The van der Waals surface area contributed by atoms with Gasteiger partial charge in [-0.25, -0.2) is 4.98 Å². The maximum atomic E-state index is 11.5. The van der Waals surface area contributed by atoms with Crippen LogP contribution in [-0.4, -0.2) is 41.0 Å². The van der Waals surface area contributed by atoms with Crippen molar-refractivity contribution in [2.24, 2.45) is 0 Å². The molecule has 1 heterocycles. The molecule has 1 aromatic rings. The molecule has 1 aliphatic rings. The number of rotatable bonds is 7. The molecule has 100 valence electrons. The van der Waals surface area contributed by atoms with Crippen molar-refractivity contribution in [3.63, 3.8) is 0 Å². The second kappa shape index (κ2) is 6.00. The van der Waals surface area contributed by atoms with Gasteiger partial charge in [0.25, 0.3) is 5.56 Å². The van der Waals surface area contributed by atoms with Gasteiger partial charge in [-0.2, -0.15) is 0 Å². The second-order valence-corrected chi connectivity index (χ2v) is 4.74. The van der Waals surface area contributed by atoms with Crippen molar-refractivity contribution in [1.29, 1.82) is 0 Å². The SMILES string of the molecule is CCN(CC)CCNc1cc(=O)[nH]c(C2CC2)n1. The van der Waals surface area contributed by atoms with E-state index in [4.69, 9.17) is 0 Å². The summed E-state index contributed by atoms with van der Waals surface area (Å²) in [5, 5.41) is 3.23. The lowest BCUT2D eigenvalue weighted by molar-refractivity contribution is 0.316. The molecule has 0 aliphatic heterocycles. The van der Waals surface area contributed by atoms with Crippen molar-refractivity contribution < 1.29 is 0 Å². The third kappa shape index (κ3) is 3.57. The van der Waals surface area contributed by atoms with Crippen LogP contribution in [0.3, 0.4) is 0 Å². The van der Waals surface area contributed by atoms with Crippen LogP contribution in [0, 0.1) is 0 Å². The quantitative estimate of drug-likeness (QED) is 0.768. The standard InChI is InChI=1S/C13H22N4O/c1-3-17(4-2)8-7-14-11-9-12(18)16-13(15-11)10-5-6-10/h9-10H,3-8H2,1-2H3,(H2,14,15,16,18). The van der Waals surface area contributed by atoms with E-state index in [1.54, 1.807) is 0 Å². The van der Waals surface area contributed by atoms with E-state index < -0.39 is 0 Å². The summed E-state index contributed by atoms with van der Waals surface area (Å²) in [5.74, 6) is 2.02. The van der Waals surface area contributed by atoms with Gasteiger partial charge < -0.3 is 15.2 Å². The molecule has 1 aliphatic carbocycles. The molecule has 1 fully saturated rings. The Kier molecular flexibility index (Phi) is 4.36. The molecule has 2 N–H and O–H groups in total. The van der Waals surface area contributed by atoms with Crippen LogP contribution in [0.2, 0.25) is 0 Å². The van der Waals surface area contributed by atoms with E-state index in [1.165, 1.54) is 6.07 Å². The van der Waals surface area contributed by atoms with Crippen LogP contribution in [-0.2, 0) is 0 Å². The molecule has 0 spiro atoms. The summed E-state index contributed by atoms with van der Waals surface area (Å²) in [6, 6.07) is 1.54. The van der Waals surface area contributed by atoms with Crippen molar-refractivity contribution >= 4 is 5.82 Å². The van der Waals surface area contributed by atoms with E-state index in [2.05, 4.69) is 34.0 Å². The van der Waals surface area contributed by atoms with Crippen LogP contribution in [0.15, 0.2) is 10.9 Å². The summed E-state index contributed by atoms with van der Waals surface area (Å²) in [7, 11) is 0. The van der Waals surface area contributed by atoms with Gasteiger partial charge in [-0.15, -0.1) is 0 Å². The molecular weight excluding hydrogens is 228 g/mol. The van der Waals surface area contributed by atoms with Crippen molar-refractivity contribution in [2.75, 3.05) is 31.5 Å². The van der Waals surface area contributed by atoms with Gasteiger partial charge in [-0.3, -0.25) is 4.79 Å². The summed E-state index contributed by atoms with van der Waals surface area (Å²) in [6.45, 7) is 8.20. The van der Waals surface area contributed by atoms with E-state index in [0.29, 0.717) is 11.7 Å². The van der Waals surface area contributed by atoms with Crippen molar-refractivity contribution in [1.82, 2.24) is 14.9 Å². The van der Waals surface area contributed by atoms with Crippen molar-refractivity contribution in [3.8, 4) is 0 Å². The third-order valence-electron chi connectivity index (χ3n) is 3.35. The normalized spacial score (nSPS) is 15.1. The fraction of sp³-hybridized carbons (Fsp3) is 0.692. The maximum absolute atomic E-state index is 11.5. The lowest BCUT2D eigenvalue weighted by Crippen LogP contribution is -2.29. The summed E-state index contributed by atoms with van der Waals surface area (Å²) in [4.78, 5) is 21.1. The molecule has 0 bridgehead atoms. The number of likely N-dealkylation sites (N-methyl/N-ethyl adjacent to an activating group) is 1. The molecule has 0 atom stereocenters. The number of aromatic amines is 1. The number of anilines is 1. The molecule has 2 rings (SSSR count). The summed E-state index contributed by atoms with van der Waals surface area (Å²) < 4.78 is 0. The van der Waals surface area contributed by atoms with Gasteiger partial charge in [-0.1, -0.05) is 13.8 Å². The average molecular weight is 250 g/mol. The summed E-state index contributed by atoms with van der Waals surface area (Å²) in [5.41, 5.74) is -0.0581. The number of nitrogens with zero attached hydrogens (tertiary/aromatic N) is 2. The number of H-pyrrole nitrogens is 1. The zero-order valence-corrected chi connectivity index (χ0v) is 11.2. The molecule has 0 unspecified atom stereocenters. The first-order chi connectivity index (χ1) is 8.72. The Morgan fingerprint density at radius 2 is 2.17 bits per heavy atom. The molecule has 0 aromatic carbocycles. The zero-order valence-electron chi connectivity index (χ0n) is 11.2. The van der Waals surface area contributed by atoms with Crippen LogP contribution < -0.4 is 10.9 Å². The van der Waals surface area contributed by atoms with Gasteiger partial charge in [0.2, 0.25) is 0 Å². The van der Waals surface area contributed by atoms with Crippen LogP contribution in [0.25, 0.3) is 0 Å². The van der Waals surface area contributed by atoms with Gasteiger partial charge in [0.05, 0.1) is 0 Å². The molecule has 5 nitrogen and oxygen atoms in total. The first kappa shape index (κ1) is 13.1. The maximum Gasteiger partial charge on any atom is 0.252 e. The molecule has 18 heavy (non-hydrogen) atoms. The van der Waals surface area contributed by atoms with E-state index in [9.17, 15) is 4.79 Å². The Morgan fingerprint density at radius 3 is 2.78 bits per heavy atom. The summed E-state index contributed by atoms with van der Waals surface area (Å²) in [6.07, 6.45) is 2.29. The lowest BCUT2D eigenvalue weighted by atomic mass is 10.4. The minimum Gasteiger partial charge on any atom is -0.369 e. The minimum atomic E-state index is -0.0581. The van der Waals surface area contributed by atoms with E-state index in [-0.39, 0.29) is 5.56 Å². The fourth-order valence-electron chi connectivity index (χ4n) is 2.00. The lowest BCUT2D eigenvalue weighted by Gasteiger charge is -2.18. The molecule has 0 saturated heterocycles. The smallest absolute Gasteiger partial charge is 0.252 e. The largest absolute Gasteiger partial charge is 0.369 e. The first-order valence-corrected chi connectivity index (χ1v) is 6.80. The van der Waals surface area contributed by atoms with Crippen molar-refractivity contribution in [3.05, 3.63) is 22.2 Å². The second-order valence-electron chi connectivity index (χ2n) is 4.74. The van der Waals surface area contributed by atoms with Gasteiger partial charge in [0.15, 0.2) is 0 Å². The zero-order chi connectivity index (χ0) is 13.0. The predicted molar refractivity (Wildman–Crippen MR) is 73.1 cm³/mol. The van der Waals surface area contributed by atoms with Gasteiger partial charge in [-0.05, 0) is 25.9 Å². The Morgan fingerprint density at radius 1 is 1.44 bits per heavy atom. The third-order valence-corrected chi connectivity index (χ3v) is 3.35. The molecule has 1 saturated carbocycles. The van der Waals surface area contributed by atoms with Crippen LogP contribution in [0.1, 0.15) is 38.4 Å². The number of nitrogens with one attached hydrogen (secondary N) is 2. The number of hydrogen-bond donors (Lipinski definition) is 2. The van der Waals surface area contributed by atoms with E-state index >= 15 is 0 Å². The number of aromatic nitrogens is 2. The molecule has 0 amide bonds. The number of hydrogen-bond acceptors (Lipinski definition) is 4. The highest BCUT2D eigenvalue weighted by atomic mass is 16.1. The molecule has 0 radical (unpaired) electrons. The average Bonchev–Trinajstić information content (AvgIpc) is 3.18. The molecule has 5 heteroatoms. The summed E-state index contributed by atoms with van der Waals surface area (Å²) >= 11 is 0. The highest BCUT2D eigenvalue weighted by Crippen LogP contribution is 2.37. The Labute approximate surface area is 108 Å². The van der Waals surface area contributed by atoms with Crippen LogP contribution >= 0.6 is 0 Å². The predicted octanol–water partition coefficient (Wildman–Crippen LogP) is 1.40. The van der Waals surface area contributed by atoms with E-state index in [0.717, 1.165) is 44.8 Å². The first-order valence-electron chi connectivity index (χ1n) is 6.80. The van der Waals surface area contributed by atoms with Crippen molar-refractivity contribution in [2.45, 2.75) is 32.6 Å². The molecular formula is C13H22N4O. The van der Waals surface area contributed by atoms with Gasteiger partial charge >= 0.3 is 0 Å². The van der Waals surface area contributed by atoms with Gasteiger partial charge in [0.1, 0.15) is 11.6 Å². The minimum absolute atomic E-state index is 0.0581. The van der Waals surface area contributed by atoms with Gasteiger partial charge in [0, 0.05) is 25.1 Å². The fourth-order valence-corrected chi connectivity index (χ4v) is 2.00. The van der Waals surface area contributed by atoms with Crippen LogP contribution in [0.4, 0.5) is 5.82 Å². The highest BCUT2D eigenvalue weighted by Gasteiger charge is 2.26.